The van der Waals surface area contributed by atoms with E-state index in [0.29, 0.717) is 19.6 Å². The minimum absolute atomic E-state index is 0.0319. The van der Waals surface area contributed by atoms with E-state index >= 15 is 0 Å². The molecule has 0 saturated carbocycles. The Kier molecular flexibility index (Phi) is 5.11. The minimum atomic E-state index is 0.0319. The molecule has 0 spiro atoms. The second kappa shape index (κ2) is 7.44. The van der Waals surface area contributed by atoms with Gasteiger partial charge in [0.2, 0.25) is 11.8 Å². The fourth-order valence-electron chi connectivity index (χ4n) is 3.37. The van der Waals surface area contributed by atoms with Crippen LogP contribution in [0.3, 0.4) is 0 Å². The summed E-state index contributed by atoms with van der Waals surface area (Å²) in [7, 11) is 0. The van der Waals surface area contributed by atoms with Crippen molar-refractivity contribution < 1.29 is 9.59 Å². The number of nitrogens with zero attached hydrogens (tertiary/aromatic N) is 1. The molecule has 1 aromatic rings. The predicted octanol–water partition coefficient (Wildman–Crippen LogP) is 2.51. The van der Waals surface area contributed by atoms with Gasteiger partial charge in [-0.3, -0.25) is 9.59 Å². The molecule has 1 aliphatic heterocycles. The molecule has 2 aliphatic rings. The molecule has 1 fully saturated rings. The van der Waals surface area contributed by atoms with Crippen LogP contribution >= 0.6 is 0 Å². The number of rotatable bonds is 4. The van der Waals surface area contributed by atoms with Gasteiger partial charge in [0.15, 0.2) is 0 Å². The Labute approximate surface area is 137 Å². The van der Waals surface area contributed by atoms with Gasteiger partial charge >= 0.3 is 0 Å². The molecular weight excluding hydrogens is 288 g/mol. The first-order valence-corrected chi connectivity index (χ1v) is 8.49. The van der Waals surface area contributed by atoms with E-state index in [-0.39, 0.29) is 23.7 Å². The van der Waals surface area contributed by atoms with Crippen LogP contribution in [0.2, 0.25) is 0 Å². The molecule has 0 aromatic heterocycles. The molecule has 4 nitrogen and oxygen atoms in total. The molecule has 3 rings (SSSR count). The number of hydrogen-bond acceptors (Lipinski definition) is 2. The molecule has 0 atom stereocenters. The van der Waals surface area contributed by atoms with Gasteiger partial charge in [0.25, 0.3) is 0 Å². The van der Waals surface area contributed by atoms with Gasteiger partial charge in [-0.05, 0) is 31.2 Å². The van der Waals surface area contributed by atoms with Crippen LogP contribution in [-0.4, -0.2) is 29.8 Å². The van der Waals surface area contributed by atoms with Gasteiger partial charge in [-0.1, -0.05) is 42.5 Å². The third-order valence-corrected chi connectivity index (χ3v) is 4.84. The molecule has 2 amide bonds. The summed E-state index contributed by atoms with van der Waals surface area (Å²) in [5.41, 5.74) is 1.11. The maximum atomic E-state index is 12.4. The first-order chi connectivity index (χ1) is 11.2. The van der Waals surface area contributed by atoms with Crippen molar-refractivity contribution in [2.45, 2.75) is 32.2 Å². The average Bonchev–Trinajstić information content (AvgIpc) is 3.15. The number of likely N-dealkylation sites (tertiary alicyclic amines) is 1. The molecule has 1 aliphatic carbocycles. The SMILES string of the molecule is O=C(NCc1ccccc1)C1CCN(C(=O)C2CC=CC2)CC1. The molecule has 1 heterocycles. The summed E-state index contributed by atoms with van der Waals surface area (Å²) in [5.74, 6) is 0.546. The van der Waals surface area contributed by atoms with Gasteiger partial charge in [-0.25, -0.2) is 0 Å². The molecule has 23 heavy (non-hydrogen) atoms. The molecular formula is C19H24N2O2. The van der Waals surface area contributed by atoms with Crippen molar-refractivity contribution in [3.8, 4) is 0 Å². The molecule has 1 aromatic carbocycles. The number of allylic oxidation sites excluding steroid dienone is 2. The topological polar surface area (TPSA) is 49.4 Å². The summed E-state index contributed by atoms with van der Waals surface area (Å²) < 4.78 is 0. The van der Waals surface area contributed by atoms with Crippen molar-refractivity contribution in [2.75, 3.05) is 13.1 Å². The lowest BCUT2D eigenvalue weighted by molar-refractivity contribution is -0.138. The van der Waals surface area contributed by atoms with Crippen LogP contribution in [0.1, 0.15) is 31.2 Å². The fraction of sp³-hybridized carbons (Fsp3) is 0.474. The van der Waals surface area contributed by atoms with E-state index in [1.54, 1.807) is 0 Å². The first kappa shape index (κ1) is 15.8. The third-order valence-electron chi connectivity index (χ3n) is 4.84. The van der Waals surface area contributed by atoms with Gasteiger partial charge in [0.05, 0.1) is 0 Å². The molecule has 0 radical (unpaired) electrons. The van der Waals surface area contributed by atoms with Crippen molar-refractivity contribution in [2.24, 2.45) is 11.8 Å². The number of nitrogens with one attached hydrogen (secondary N) is 1. The lowest BCUT2D eigenvalue weighted by Gasteiger charge is -2.33. The van der Waals surface area contributed by atoms with E-state index in [1.807, 2.05) is 35.2 Å². The van der Waals surface area contributed by atoms with Crippen LogP contribution in [0.15, 0.2) is 42.5 Å². The number of carbonyl (C=O) groups is 2. The van der Waals surface area contributed by atoms with Crippen LogP contribution in [-0.2, 0) is 16.1 Å². The minimum Gasteiger partial charge on any atom is -0.352 e. The summed E-state index contributed by atoms with van der Waals surface area (Å²) in [5, 5.41) is 3.02. The lowest BCUT2D eigenvalue weighted by Crippen LogP contribution is -2.44. The number of amides is 2. The molecule has 0 bridgehead atoms. The summed E-state index contributed by atoms with van der Waals surface area (Å²) in [6, 6.07) is 9.94. The van der Waals surface area contributed by atoms with Crippen molar-refractivity contribution >= 4 is 11.8 Å². The Morgan fingerprint density at radius 3 is 2.30 bits per heavy atom. The van der Waals surface area contributed by atoms with Crippen LogP contribution < -0.4 is 5.32 Å². The van der Waals surface area contributed by atoms with Crippen LogP contribution in [0.5, 0.6) is 0 Å². The maximum absolute atomic E-state index is 12.4. The summed E-state index contributed by atoms with van der Waals surface area (Å²) in [6.07, 6.45) is 7.46. The van der Waals surface area contributed by atoms with Gasteiger partial charge in [-0.2, -0.15) is 0 Å². The predicted molar refractivity (Wildman–Crippen MR) is 89.5 cm³/mol. The molecule has 4 heteroatoms. The Morgan fingerprint density at radius 2 is 1.65 bits per heavy atom. The van der Waals surface area contributed by atoms with Crippen molar-refractivity contribution in [3.63, 3.8) is 0 Å². The van der Waals surface area contributed by atoms with Crippen LogP contribution in [0.25, 0.3) is 0 Å². The normalized spacial score (nSPS) is 19.0. The average molecular weight is 312 g/mol. The number of piperidine rings is 1. The smallest absolute Gasteiger partial charge is 0.226 e. The maximum Gasteiger partial charge on any atom is 0.226 e. The second-order valence-electron chi connectivity index (χ2n) is 6.44. The molecule has 1 N–H and O–H groups in total. The Balaban J connectivity index is 1.43. The Bertz CT molecular complexity index is 566. The molecule has 0 unspecified atom stereocenters. The summed E-state index contributed by atoms with van der Waals surface area (Å²) in [6.45, 7) is 1.99. The number of carbonyl (C=O) groups excluding carboxylic acids is 2. The molecule has 1 saturated heterocycles. The quantitative estimate of drug-likeness (QED) is 0.869. The van der Waals surface area contributed by atoms with E-state index < -0.39 is 0 Å². The highest BCUT2D eigenvalue weighted by Gasteiger charge is 2.30. The zero-order chi connectivity index (χ0) is 16.1. The van der Waals surface area contributed by atoms with E-state index in [4.69, 9.17) is 0 Å². The highest BCUT2D eigenvalue weighted by molar-refractivity contribution is 5.81. The standard InChI is InChI=1S/C19H24N2O2/c22-18(20-14-15-6-2-1-3-7-15)16-10-12-21(13-11-16)19(23)17-8-4-5-9-17/h1-7,16-17H,8-14H2,(H,20,22). The molecule has 122 valence electrons. The van der Waals surface area contributed by atoms with Crippen molar-refractivity contribution in [1.29, 1.82) is 0 Å². The zero-order valence-electron chi connectivity index (χ0n) is 13.4. The summed E-state index contributed by atoms with van der Waals surface area (Å²) in [4.78, 5) is 26.6. The van der Waals surface area contributed by atoms with Crippen molar-refractivity contribution in [3.05, 3.63) is 48.0 Å². The zero-order valence-corrected chi connectivity index (χ0v) is 13.4. The third kappa shape index (κ3) is 4.01. The van der Waals surface area contributed by atoms with E-state index in [2.05, 4.69) is 17.5 Å². The fourth-order valence-corrected chi connectivity index (χ4v) is 3.37. The number of benzene rings is 1. The Morgan fingerprint density at radius 1 is 1.00 bits per heavy atom. The van der Waals surface area contributed by atoms with Crippen molar-refractivity contribution in [1.82, 2.24) is 10.2 Å². The first-order valence-electron chi connectivity index (χ1n) is 8.49. The van der Waals surface area contributed by atoms with E-state index in [1.165, 1.54) is 0 Å². The van der Waals surface area contributed by atoms with Gasteiger partial charge < -0.3 is 10.2 Å². The summed E-state index contributed by atoms with van der Waals surface area (Å²) >= 11 is 0. The monoisotopic (exact) mass is 312 g/mol. The highest BCUT2D eigenvalue weighted by atomic mass is 16.2. The van der Waals surface area contributed by atoms with Gasteiger partial charge in [0, 0.05) is 31.5 Å². The Hall–Kier alpha value is -2.10. The second-order valence-corrected chi connectivity index (χ2v) is 6.44. The number of hydrogen-bond donors (Lipinski definition) is 1. The van der Waals surface area contributed by atoms with Gasteiger partial charge in [-0.15, -0.1) is 0 Å². The van der Waals surface area contributed by atoms with Gasteiger partial charge in [0.1, 0.15) is 0 Å². The van der Waals surface area contributed by atoms with Crippen LogP contribution in [0.4, 0.5) is 0 Å². The largest absolute Gasteiger partial charge is 0.352 e. The van der Waals surface area contributed by atoms with E-state index in [9.17, 15) is 9.59 Å². The highest BCUT2D eigenvalue weighted by Crippen LogP contribution is 2.24. The van der Waals surface area contributed by atoms with Crippen LogP contribution in [0, 0.1) is 11.8 Å². The van der Waals surface area contributed by atoms with E-state index in [0.717, 1.165) is 31.2 Å². The lowest BCUT2D eigenvalue weighted by atomic mass is 9.94.